The lowest BCUT2D eigenvalue weighted by molar-refractivity contribution is 0.591. The summed E-state index contributed by atoms with van der Waals surface area (Å²) in [5.74, 6) is 0. The van der Waals surface area contributed by atoms with Crippen molar-refractivity contribution in [2.75, 3.05) is 0 Å². The zero-order valence-electron chi connectivity index (χ0n) is 3.81. The largest absolute Gasteiger partial charge is 0.430 e. The van der Waals surface area contributed by atoms with Gasteiger partial charge < -0.3 is 13.7 Å². The summed E-state index contributed by atoms with van der Waals surface area (Å²) in [6.07, 6.45) is 2.18. The summed E-state index contributed by atoms with van der Waals surface area (Å²) in [5.41, 5.74) is 0. The Morgan fingerprint density at radius 3 is 2.43 bits per heavy atom. The van der Waals surface area contributed by atoms with E-state index in [1.807, 2.05) is 0 Å². The molecule has 0 radical (unpaired) electrons. The first kappa shape index (κ1) is 5.05. The molecule has 0 atom stereocenters. The molecule has 0 unspecified atom stereocenters. The predicted octanol–water partition coefficient (Wildman–Crippen LogP) is 0.380. The molecule has 3 nitrogen and oxygen atoms in total. The summed E-state index contributed by atoms with van der Waals surface area (Å²) in [6, 6.07) is 0.387. The van der Waals surface area contributed by atoms with Crippen molar-refractivity contribution in [3.8, 4) is 0 Å². The number of hydrogen-bond donors (Lipinski definition) is 2. The quantitative estimate of drug-likeness (QED) is 0.507. The van der Waals surface area contributed by atoms with E-state index in [4.69, 9.17) is 4.78 Å². The van der Waals surface area contributed by atoms with Crippen LogP contribution in [0.2, 0.25) is 0 Å². The molecule has 42 valence electrons. The van der Waals surface area contributed by atoms with Gasteiger partial charge in [0.25, 0.3) is 0 Å². The second-order valence-corrected chi connectivity index (χ2v) is 2.43. The minimum Gasteiger partial charge on any atom is -0.430 e. The standard InChI is InChI=1S/C3H7N2OS/c4-7(6)5-3-1-2-3/h3H,1-2H2,(H2,4,5,6)/q-1. The minimum atomic E-state index is -1.53. The molecule has 1 saturated carbocycles. The van der Waals surface area contributed by atoms with Gasteiger partial charge >= 0.3 is 0 Å². The highest BCUT2D eigenvalue weighted by atomic mass is 32.2. The molecular weight excluding hydrogens is 112 g/mol. The van der Waals surface area contributed by atoms with Crippen molar-refractivity contribution >= 4 is 10.8 Å². The lowest BCUT2D eigenvalue weighted by atomic mass is 10.8. The average molecular weight is 119 g/mol. The molecule has 7 heavy (non-hydrogen) atoms. The number of rotatable bonds is 2. The Bertz CT molecular complexity index is 119. The van der Waals surface area contributed by atoms with E-state index in [0.717, 1.165) is 12.8 Å². The molecule has 0 heterocycles. The molecule has 0 saturated heterocycles. The molecule has 2 N–H and O–H groups in total. The van der Waals surface area contributed by atoms with Crippen LogP contribution >= 0.6 is 0 Å². The molecule has 0 aromatic heterocycles. The van der Waals surface area contributed by atoms with Gasteiger partial charge in [-0.25, -0.2) is 0 Å². The van der Waals surface area contributed by atoms with Gasteiger partial charge in [0.1, 0.15) is 0 Å². The first-order valence-corrected chi connectivity index (χ1v) is 3.33. The normalized spacial score (nSPS) is 20.7. The van der Waals surface area contributed by atoms with Crippen molar-refractivity contribution in [1.29, 1.82) is 4.78 Å². The van der Waals surface area contributed by atoms with Crippen molar-refractivity contribution in [1.82, 2.24) is 4.72 Å². The van der Waals surface area contributed by atoms with E-state index in [2.05, 4.69) is 4.72 Å². The Morgan fingerprint density at radius 2 is 2.29 bits per heavy atom. The summed E-state index contributed by atoms with van der Waals surface area (Å²) in [5, 5.41) is 0. The second-order valence-electron chi connectivity index (χ2n) is 1.66. The van der Waals surface area contributed by atoms with Crippen LogP contribution in [-0.4, -0.2) is 6.04 Å². The zero-order chi connectivity index (χ0) is 5.28. The zero-order valence-corrected chi connectivity index (χ0v) is 4.62. The van der Waals surface area contributed by atoms with E-state index in [0.29, 0.717) is 6.04 Å². The van der Waals surface area contributed by atoms with Crippen LogP contribution in [0.25, 0.3) is 0 Å². The van der Waals surface area contributed by atoms with E-state index < -0.39 is 10.8 Å². The third kappa shape index (κ3) is 1.89. The predicted molar refractivity (Wildman–Crippen MR) is 26.9 cm³/mol. The maximum atomic E-state index is 9.96. The number of hydrogen-bond acceptors (Lipinski definition) is 3. The van der Waals surface area contributed by atoms with Crippen LogP contribution in [-0.2, 0) is 15.0 Å². The van der Waals surface area contributed by atoms with E-state index >= 15 is 0 Å². The summed E-state index contributed by atoms with van der Waals surface area (Å²) in [6.45, 7) is 0. The summed E-state index contributed by atoms with van der Waals surface area (Å²) in [7, 11) is -1.53. The molecule has 1 aliphatic rings. The van der Waals surface area contributed by atoms with Crippen molar-refractivity contribution < 1.29 is 4.21 Å². The monoisotopic (exact) mass is 119 g/mol. The Labute approximate surface area is 44.2 Å². The van der Waals surface area contributed by atoms with Crippen LogP contribution in [0.3, 0.4) is 0 Å². The van der Waals surface area contributed by atoms with Crippen LogP contribution in [0.4, 0.5) is 0 Å². The smallest absolute Gasteiger partial charge is 0.00842 e. The fourth-order valence-corrected chi connectivity index (χ4v) is 0.891. The highest BCUT2D eigenvalue weighted by Crippen LogP contribution is 2.17. The molecule has 0 bridgehead atoms. The van der Waals surface area contributed by atoms with Gasteiger partial charge in [-0.1, -0.05) is 0 Å². The summed E-state index contributed by atoms with van der Waals surface area (Å²) in [4.78, 5) is 0. The third-order valence-corrected chi connectivity index (χ3v) is 1.40. The van der Waals surface area contributed by atoms with E-state index in [-0.39, 0.29) is 0 Å². The Hall–Kier alpha value is -0.0900. The SMILES string of the molecule is N=[S-](=O)NC1CC1. The Morgan fingerprint density at radius 1 is 1.71 bits per heavy atom. The van der Waals surface area contributed by atoms with Gasteiger partial charge in [0.15, 0.2) is 0 Å². The van der Waals surface area contributed by atoms with Crippen molar-refractivity contribution in [3.63, 3.8) is 0 Å². The summed E-state index contributed by atoms with van der Waals surface area (Å²) >= 11 is 0. The molecule has 0 spiro atoms. The van der Waals surface area contributed by atoms with Crippen molar-refractivity contribution in [2.24, 2.45) is 0 Å². The maximum Gasteiger partial charge on any atom is -0.00842 e. The Balaban J connectivity index is 2.21. The van der Waals surface area contributed by atoms with E-state index in [1.54, 1.807) is 0 Å². The van der Waals surface area contributed by atoms with Gasteiger partial charge in [-0.15, -0.1) is 10.8 Å². The van der Waals surface area contributed by atoms with Gasteiger partial charge in [0, 0.05) is 0 Å². The van der Waals surface area contributed by atoms with Crippen molar-refractivity contribution in [2.45, 2.75) is 18.9 Å². The summed E-state index contributed by atoms with van der Waals surface area (Å²) < 4.78 is 19.0. The van der Waals surface area contributed by atoms with Gasteiger partial charge in [-0.05, 0) is 18.9 Å². The molecule has 1 aliphatic carbocycles. The molecular formula is C3H7N2OS-. The average Bonchev–Trinajstić information content (AvgIpc) is 2.17. The highest BCUT2D eigenvalue weighted by Gasteiger charge is 2.16. The van der Waals surface area contributed by atoms with Crippen LogP contribution < -0.4 is 4.72 Å². The highest BCUT2D eigenvalue weighted by molar-refractivity contribution is 7.71. The minimum absolute atomic E-state index is 0.387. The third-order valence-electron chi connectivity index (χ3n) is 0.851. The lowest BCUT2D eigenvalue weighted by Crippen LogP contribution is -2.10. The van der Waals surface area contributed by atoms with Crippen LogP contribution in [0, 0.1) is 4.78 Å². The van der Waals surface area contributed by atoms with Crippen LogP contribution in [0.15, 0.2) is 0 Å². The Kier molecular flexibility index (Phi) is 1.30. The van der Waals surface area contributed by atoms with E-state index in [9.17, 15) is 4.21 Å². The fourth-order valence-electron chi connectivity index (χ4n) is 0.353. The van der Waals surface area contributed by atoms with Crippen molar-refractivity contribution in [3.05, 3.63) is 0 Å². The fraction of sp³-hybridized carbons (Fsp3) is 1.00. The second kappa shape index (κ2) is 1.79. The van der Waals surface area contributed by atoms with Gasteiger partial charge in [0.05, 0.1) is 0 Å². The molecule has 1 fully saturated rings. The van der Waals surface area contributed by atoms with E-state index in [1.165, 1.54) is 0 Å². The first-order valence-electron chi connectivity index (χ1n) is 2.18. The number of nitrogens with one attached hydrogen (secondary N) is 2. The molecule has 0 amide bonds. The topological polar surface area (TPSA) is 53.0 Å². The lowest BCUT2D eigenvalue weighted by Gasteiger charge is -1.97. The van der Waals surface area contributed by atoms with Gasteiger partial charge in [-0.3, -0.25) is 0 Å². The molecule has 0 aromatic carbocycles. The molecule has 4 heteroatoms. The molecule has 1 rings (SSSR count). The van der Waals surface area contributed by atoms with Gasteiger partial charge in [-0.2, -0.15) is 0 Å². The maximum absolute atomic E-state index is 9.96. The molecule has 0 aliphatic heterocycles. The first-order chi connectivity index (χ1) is 3.29. The molecule has 0 aromatic rings. The van der Waals surface area contributed by atoms with Crippen LogP contribution in [0.1, 0.15) is 12.8 Å². The van der Waals surface area contributed by atoms with Gasteiger partial charge in [0.2, 0.25) is 0 Å². The van der Waals surface area contributed by atoms with Crippen LogP contribution in [0.5, 0.6) is 0 Å².